The van der Waals surface area contributed by atoms with Crippen LogP contribution in [-0.2, 0) is 16.6 Å². The van der Waals surface area contributed by atoms with Crippen molar-refractivity contribution in [3.63, 3.8) is 0 Å². The van der Waals surface area contributed by atoms with Crippen molar-refractivity contribution in [1.29, 1.82) is 0 Å². The van der Waals surface area contributed by atoms with Crippen LogP contribution >= 0.6 is 0 Å². The van der Waals surface area contributed by atoms with Gasteiger partial charge in [-0.25, -0.2) is 19.1 Å². The van der Waals surface area contributed by atoms with Gasteiger partial charge in [0.1, 0.15) is 17.4 Å². The van der Waals surface area contributed by atoms with Crippen molar-refractivity contribution >= 4 is 17.9 Å². The van der Waals surface area contributed by atoms with Crippen LogP contribution in [0.5, 0.6) is 5.75 Å². The van der Waals surface area contributed by atoms with Gasteiger partial charge in [-0.1, -0.05) is 0 Å². The summed E-state index contributed by atoms with van der Waals surface area (Å²) in [4.78, 5) is 49.3. The number of carbonyl (C=O) groups is 2. The smallest absolute Gasteiger partial charge is 0.406 e. The monoisotopic (exact) mass is 411 g/mol. The number of ether oxygens (including phenoxy) is 1. The fourth-order valence-corrected chi connectivity index (χ4v) is 2.59. The van der Waals surface area contributed by atoms with Crippen molar-refractivity contribution in [2.45, 2.75) is 12.3 Å². The number of benzene rings is 1. The van der Waals surface area contributed by atoms with Crippen LogP contribution in [0.2, 0.25) is 0 Å². The van der Waals surface area contributed by atoms with Gasteiger partial charge in [0.2, 0.25) is 5.78 Å². The second-order valence-corrected chi connectivity index (χ2v) is 5.91. The van der Waals surface area contributed by atoms with E-state index >= 15 is 0 Å². The molecule has 0 bridgehead atoms. The molecule has 2 heterocycles. The van der Waals surface area contributed by atoms with Crippen molar-refractivity contribution in [2.75, 3.05) is 7.05 Å². The maximum absolute atomic E-state index is 12.8. The molecule has 29 heavy (non-hydrogen) atoms. The minimum absolute atomic E-state index is 0.0857. The standard InChI is InChI=1S/C16H12F3N5O5/c1-22-14(27)12(25)10(7-20-22)11-13(26)24(15(28)23(2)21-11)8-3-5-9(6-4-8)29-16(17,18)19/h3-7,10H,1-2H3. The van der Waals surface area contributed by atoms with Crippen LogP contribution in [0.15, 0.2) is 39.0 Å². The summed E-state index contributed by atoms with van der Waals surface area (Å²) in [6.07, 6.45) is -3.86. The number of aromatic nitrogens is 3. The predicted octanol–water partition coefficient (Wildman–Crippen LogP) is -0.0597. The van der Waals surface area contributed by atoms with Gasteiger partial charge in [-0.05, 0) is 24.3 Å². The summed E-state index contributed by atoms with van der Waals surface area (Å²) >= 11 is 0. The fourth-order valence-electron chi connectivity index (χ4n) is 2.59. The van der Waals surface area contributed by atoms with Crippen molar-refractivity contribution in [2.24, 2.45) is 12.1 Å². The highest BCUT2D eigenvalue weighted by Crippen LogP contribution is 2.23. The number of nitrogens with zero attached hydrogens (tertiary/aromatic N) is 5. The average molecular weight is 411 g/mol. The molecule has 1 aromatic carbocycles. The zero-order chi connectivity index (χ0) is 21.5. The van der Waals surface area contributed by atoms with Crippen LogP contribution in [0.1, 0.15) is 11.6 Å². The topological polar surface area (TPSA) is 116 Å². The van der Waals surface area contributed by atoms with Crippen molar-refractivity contribution < 1.29 is 27.5 Å². The highest BCUT2D eigenvalue weighted by atomic mass is 19.4. The number of likely N-dealkylation sites (N-methyl/N-ethyl adjacent to an activating group) is 1. The number of hydrazone groups is 1. The van der Waals surface area contributed by atoms with Crippen LogP contribution in [-0.4, -0.2) is 50.7 Å². The van der Waals surface area contributed by atoms with Crippen molar-refractivity contribution in [1.82, 2.24) is 19.4 Å². The lowest BCUT2D eigenvalue weighted by Crippen LogP contribution is -2.46. The molecule has 13 heteroatoms. The first-order valence-electron chi connectivity index (χ1n) is 7.92. The number of halogens is 3. The van der Waals surface area contributed by atoms with Crippen LogP contribution in [0.4, 0.5) is 13.2 Å². The third kappa shape index (κ3) is 3.79. The molecule has 0 spiro atoms. The zero-order valence-electron chi connectivity index (χ0n) is 14.9. The Morgan fingerprint density at radius 1 is 1.03 bits per heavy atom. The van der Waals surface area contributed by atoms with Crippen molar-refractivity contribution in [3.05, 3.63) is 50.8 Å². The number of ketones is 1. The Bertz CT molecular complexity index is 1130. The van der Waals surface area contributed by atoms with Gasteiger partial charge in [-0.3, -0.25) is 14.4 Å². The Morgan fingerprint density at radius 2 is 1.66 bits per heavy atom. The second-order valence-electron chi connectivity index (χ2n) is 5.91. The van der Waals surface area contributed by atoms with Crippen LogP contribution in [0, 0.1) is 0 Å². The number of aryl methyl sites for hydroxylation is 1. The highest BCUT2D eigenvalue weighted by molar-refractivity contribution is 6.42. The molecular formula is C16H12F3N5O5. The largest absolute Gasteiger partial charge is 0.573 e. The van der Waals surface area contributed by atoms with Gasteiger partial charge in [-0.15, -0.1) is 13.2 Å². The van der Waals surface area contributed by atoms with E-state index in [1.54, 1.807) is 0 Å². The van der Waals surface area contributed by atoms with Gasteiger partial charge in [-0.2, -0.15) is 10.2 Å². The number of rotatable bonds is 3. The first kappa shape index (κ1) is 20.0. The first-order chi connectivity index (χ1) is 13.5. The molecule has 0 saturated heterocycles. The number of hydrogen-bond acceptors (Lipinski definition) is 7. The van der Waals surface area contributed by atoms with E-state index in [0.29, 0.717) is 4.57 Å². The molecule has 0 radical (unpaired) electrons. The Labute approximate surface area is 159 Å². The van der Waals surface area contributed by atoms with E-state index in [2.05, 4.69) is 14.9 Å². The molecule has 1 unspecified atom stereocenters. The molecule has 0 N–H and O–H groups in total. The molecule has 3 rings (SSSR count). The maximum Gasteiger partial charge on any atom is 0.573 e. The summed E-state index contributed by atoms with van der Waals surface area (Å²) in [5.74, 6) is -3.89. The molecule has 1 amide bonds. The lowest BCUT2D eigenvalue weighted by molar-refractivity contribution is -0.274. The summed E-state index contributed by atoms with van der Waals surface area (Å²) in [5, 5.41) is 8.26. The number of amides is 1. The number of alkyl halides is 3. The zero-order valence-corrected chi connectivity index (χ0v) is 14.9. The SMILES string of the molecule is CN1N=CC(c2nn(C)c(=O)n(-c3ccc(OC(F)(F)F)cc3)c2=O)C(=O)C1=O. The molecular weight excluding hydrogens is 399 g/mol. The predicted molar refractivity (Wildman–Crippen MR) is 90.8 cm³/mol. The van der Waals surface area contributed by atoms with E-state index in [9.17, 15) is 32.3 Å². The lowest BCUT2D eigenvalue weighted by Gasteiger charge is -2.20. The van der Waals surface area contributed by atoms with Crippen LogP contribution in [0.25, 0.3) is 5.69 Å². The van der Waals surface area contributed by atoms with Gasteiger partial charge in [0.25, 0.3) is 5.56 Å². The number of Topliss-reactive ketones (excluding diaryl/α,β-unsaturated/α-hetero) is 1. The summed E-state index contributed by atoms with van der Waals surface area (Å²) < 4.78 is 42.0. The molecule has 0 aliphatic carbocycles. The third-order valence-electron chi connectivity index (χ3n) is 3.95. The van der Waals surface area contributed by atoms with E-state index in [4.69, 9.17) is 0 Å². The molecule has 2 aromatic rings. The van der Waals surface area contributed by atoms with Gasteiger partial charge >= 0.3 is 18.0 Å². The Kier molecular flexibility index (Phi) is 4.82. The molecule has 152 valence electrons. The summed E-state index contributed by atoms with van der Waals surface area (Å²) in [7, 11) is 2.46. The Hall–Kier alpha value is -3.77. The van der Waals surface area contributed by atoms with Gasteiger partial charge < -0.3 is 4.74 Å². The van der Waals surface area contributed by atoms with E-state index < -0.39 is 46.7 Å². The maximum atomic E-state index is 12.8. The normalized spacial score (nSPS) is 17.0. The van der Waals surface area contributed by atoms with E-state index in [-0.39, 0.29) is 5.69 Å². The van der Waals surface area contributed by atoms with E-state index in [0.717, 1.165) is 40.2 Å². The molecule has 1 aliphatic rings. The summed E-state index contributed by atoms with van der Waals surface area (Å²) in [6, 6.07) is 3.95. The number of carbonyl (C=O) groups excluding carboxylic acids is 2. The van der Waals surface area contributed by atoms with Gasteiger partial charge in [0.15, 0.2) is 0 Å². The molecule has 0 fully saturated rings. The van der Waals surface area contributed by atoms with E-state index in [1.807, 2.05) is 0 Å². The molecule has 1 aromatic heterocycles. The van der Waals surface area contributed by atoms with Crippen LogP contribution in [0.3, 0.4) is 0 Å². The Morgan fingerprint density at radius 3 is 2.24 bits per heavy atom. The minimum Gasteiger partial charge on any atom is -0.406 e. The summed E-state index contributed by atoms with van der Waals surface area (Å²) in [6.45, 7) is 0. The highest BCUT2D eigenvalue weighted by Gasteiger charge is 2.36. The lowest BCUT2D eigenvalue weighted by atomic mass is 10.00. The molecule has 0 saturated carbocycles. The molecule has 1 aliphatic heterocycles. The quantitative estimate of drug-likeness (QED) is 0.654. The molecule has 1 atom stereocenters. The minimum atomic E-state index is -4.90. The van der Waals surface area contributed by atoms with Crippen molar-refractivity contribution in [3.8, 4) is 11.4 Å². The fraction of sp³-hybridized carbons (Fsp3) is 0.250. The van der Waals surface area contributed by atoms with Gasteiger partial charge in [0, 0.05) is 20.3 Å². The first-order valence-corrected chi connectivity index (χ1v) is 7.92. The van der Waals surface area contributed by atoms with Gasteiger partial charge in [0.05, 0.1) is 5.69 Å². The van der Waals surface area contributed by atoms with Crippen LogP contribution < -0.4 is 16.0 Å². The third-order valence-corrected chi connectivity index (χ3v) is 3.95. The molecule has 10 nitrogen and oxygen atoms in total. The second kappa shape index (κ2) is 7.00. The average Bonchev–Trinajstić information content (AvgIpc) is 2.64. The summed E-state index contributed by atoms with van der Waals surface area (Å²) in [5.41, 5.74) is -2.44. The Balaban J connectivity index is 2.11. The number of hydrogen-bond donors (Lipinski definition) is 0. The van der Waals surface area contributed by atoms with E-state index in [1.165, 1.54) is 14.1 Å².